The van der Waals surface area contributed by atoms with Gasteiger partial charge >= 0.3 is 0 Å². The van der Waals surface area contributed by atoms with Crippen LogP contribution in [0.4, 0.5) is 0 Å². The van der Waals surface area contributed by atoms with Crippen molar-refractivity contribution in [3.63, 3.8) is 0 Å². The predicted octanol–water partition coefficient (Wildman–Crippen LogP) is 2.47. The molecule has 0 saturated carbocycles. The van der Waals surface area contributed by atoms with Crippen LogP contribution in [0.15, 0.2) is 30.5 Å². The Balaban J connectivity index is 1.79. The third kappa shape index (κ3) is 2.45. The van der Waals surface area contributed by atoms with E-state index in [1.165, 1.54) is 16.8 Å². The van der Waals surface area contributed by atoms with Crippen LogP contribution in [0.5, 0.6) is 0 Å². The highest BCUT2D eigenvalue weighted by molar-refractivity contribution is 5.75. The Morgan fingerprint density at radius 2 is 2.00 bits per heavy atom. The van der Waals surface area contributed by atoms with Crippen LogP contribution in [0, 0.1) is 6.92 Å². The van der Waals surface area contributed by atoms with Crippen LogP contribution in [0.25, 0.3) is 11.0 Å². The van der Waals surface area contributed by atoms with Gasteiger partial charge in [0.25, 0.3) is 0 Å². The van der Waals surface area contributed by atoms with Crippen molar-refractivity contribution in [2.75, 3.05) is 0 Å². The maximum Gasteiger partial charge on any atom is 0.126 e. The second-order valence-electron chi connectivity index (χ2n) is 5.50. The minimum absolute atomic E-state index is 0.182. The van der Waals surface area contributed by atoms with Crippen molar-refractivity contribution in [2.45, 2.75) is 26.4 Å². The molecule has 0 aliphatic carbocycles. The number of fused-ring (bicyclic) bond motifs is 1. The average Bonchev–Trinajstić information content (AvgIpc) is 2.99. The lowest BCUT2D eigenvalue weighted by Gasteiger charge is -2.13. The van der Waals surface area contributed by atoms with Gasteiger partial charge in [0.1, 0.15) is 5.82 Å². The summed E-state index contributed by atoms with van der Waals surface area (Å²) in [7, 11) is 4.03. The minimum Gasteiger partial charge on any atom is -0.330 e. The van der Waals surface area contributed by atoms with E-state index in [-0.39, 0.29) is 6.04 Å². The third-order valence-corrected chi connectivity index (χ3v) is 4.14. The highest BCUT2D eigenvalue weighted by Crippen LogP contribution is 2.19. The topological polar surface area (TPSA) is 47.7 Å². The molecule has 2 heterocycles. The summed E-state index contributed by atoms with van der Waals surface area (Å²) in [5, 5.41) is 7.81. The smallest absolute Gasteiger partial charge is 0.126 e. The van der Waals surface area contributed by atoms with Crippen LogP contribution in [-0.2, 0) is 20.6 Å². The van der Waals surface area contributed by atoms with Crippen LogP contribution < -0.4 is 5.32 Å². The van der Waals surface area contributed by atoms with E-state index < -0.39 is 0 Å². The molecular formula is C16H21N5. The first-order valence-corrected chi connectivity index (χ1v) is 7.20. The van der Waals surface area contributed by atoms with E-state index in [1.54, 1.807) is 0 Å². The molecule has 0 amide bonds. The van der Waals surface area contributed by atoms with Gasteiger partial charge in [-0.25, -0.2) is 4.98 Å². The molecular weight excluding hydrogens is 262 g/mol. The monoisotopic (exact) mass is 283 g/mol. The molecule has 5 heteroatoms. The van der Waals surface area contributed by atoms with Gasteiger partial charge in [-0.2, -0.15) is 5.10 Å². The molecule has 1 atom stereocenters. The lowest BCUT2D eigenvalue weighted by molar-refractivity contribution is 0.531. The number of para-hydroxylation sites is 2. The van der Waals surface area contributed by atoms with Gasteiger partial charge in [-0.1, -0.05) is 12.1 Å². The molecule has 0 fully saturated rings. The zero-order valence-corrected chi connectivity index (χ0v) is 13.0. The van der Waals surface area contributed by atoms with E-state index in [1.807, 2.05) is 30.1 Å². The van der Waals surface area contributed by atoms with Crippen molar-refractivity contribution in [1.29, 1.82) is 0 Å². The third-order valence-electron chi connectivity index (χ3n) is 4.14. The number of hydrogen-bond acceptors (Lipinski definition) is 3. The van der Waals surface area contributed by atoms with Crippen molar-refractivity contribution in [1.82, 2.24) is 24.6 Å². The first-order valence-electron chi connectivity index (χ1n) is 7.20. The zero-order valence-electron chi connectivity index (χ0n) is 13.0. The van der Waals surface area contributed by atoms with Crippen LogP contribution in [-0.4, -0.2) is 19.3 Å². The van der Waals surface area contributed by atoms with Gasteiger partial charge in [0.2, 0.25) is 0 Å². The molecule has 0 spiro atoms. The largest absolute Gasteiger partial charge is 0.330 e. The summed E-state index contributed by atoms with van der Waals surface area (Å²) in [5.41, 5.74) is 4.63. The standard InChI is InChI=1S/C16H21N5/c1-11(17-9-13-10-18-21(4)12(13)2)16-19-14-7-5-6-8-15(14)20(16)3/h5-8,10-11,17H,9H2,1-4H3. The van der Waals surface area contributed by atoms with E-state index in [2.05, 4.69) is 48.0 Å². The van der Waals surface area contributed by atoms with Gasteiger partial charge in [0.05, 0.1) is 23.3 Å². The number of aryl methyl sites for hydroxylation is 2. The molecule has 1 aromatic carbocycles. The normalized spacial score (nSPS) is 13.0. The van der Waals surface area contributed by atoms with Crippen LogP contribution >= 0.6 is 0 Å². The Morgan fingerprint density at radius 1 is 1.24 bits per heavy atom. The Morgan fingerprint density at radius 3 is 2.67 bits per heavy atom. The first-order chi connectivity index (χ1) is 10.1. The van der Waals surface area contributed by atoms with E-state index in [4.69, 9.17) is 4.98 Å². The summed E-state index contributed by atoms with van der Waals surface area (Å²) in [5.74, 6) is 1.05. The molecule has 0 radical (unpaired) electrons. The molecule has 21 heavy (non-hydrogen) atoms. The highest BCUT2D eigenvalue weighted by atomic mass is 15.3. The number of benzene rings is 1. The fourth-order valence-corrected chi connectivity index (χ4v) is 2.62. The van der Waals surface area contributed by atoms with E-state index in [0.717, 1.165) is 17.9 Å². The predicted molar refractivity (Wildman–Crippen MR) is 83.9 cm³/mol. The molecule has 0 aliphatic rings. The summed E-state index contributed by atoms with van der Waals surface area (Å²) in [6.45, 7) is 5.03. The number of hydrogen-bond donors (Lipinski definition) is 1. The second-order valence-corrected chi connectivity index (χ2v) is 5.50. The van der Waals surface area contributed by atoms with Gasteiger partial charge in [-0.15, -0.1) is 0 Å². The zero-order chi connectivity index (χ0) is 15.0. The molecule has 3 aromatic rings. The minimum atomic E-state index is 0.182. The Labute approximate surface area is 124 Å². The van der Waals surface area contributed by atoms with Crippen molar-refractivity contribution in [3.8, 4) is 0 Å². The molecule has 0 aliphatic heterocycles. The molecule has 3 rings (SSSR count). The fraction of sp³-hybridized carbons (Fsp3) is 0.375. The summed E-state index contributed by atoms with van der Waals surface area (Å²) in [6.07, 6.45) is 1.92. The Bertz CT molecular complexity index is 768. The summed E-state index contributed by atoms with van der Waals surface area (Å²) >= 11 is 0. The SMILES string of the molecule is Cc1c(CNC(C)c2nc3ccccc3n2C)cnn1C. The summed E-state index contributed by atoms with van der Waals surface area (Å²) < 4.78 is 4.06. The molecule has 110 valence electrons. The number of rotatable bonds is 4. The van der Waals surface area contributed by atoms with Crippen molar-refractivity contribution in [3.05, 3.63) is 47.5 Å². The number of imidazole rings is 1. The van der Waals surface area contributed by atoms with Crippen molar-refractivity contribution >= 4 is 11.0 Å². The lowest BCUT2D eigenvalue weighted by atomic mass is 10.2. The molecule has 1 unspecified atom stereocenters. The van der Waals surface area contributed by atoms with E-state index in [0.29, 0.717) is 0 Å². The Hall–Kier alpha value is -2.14. The van der Waals surface area contributed by atoms with Crippen molar-refractivity contribution < 1.29 is 0 Å². The fourth-order valence-electron chi connectivity index (χ4n) is 2.62. The summed E-state index contributed by atoms with van der Waals surface area (Å²) in [4.78, 5) is 4.73. The maximum atomic E-state index is 4.73. The lowest BCUT2D eigenvalue weighted by Crippen LogP contribution is -2.21. The van der Waals surface area contributed by atoms with Crippen LogP contribution in [0.2, 0.25) is 0 Å². The van der Waals surface area contributed by atoms with Gasteiger partial charge in [-0.3, -0.25) is 4.68 Å². The second kappa shape index (κ2) is 5.33. The van der Waals surface area contributed by atoms with Gasteiger partial charge in [-0.05, 0) is 26.0 Å². The van der Waals surface area contributed by atoms with Crippen LogP contribution in [0.1, 0.15) is 30.0 Å². The maximum absolute atomic E-state index is 4.73. The van der Waals surface area contributed by atoms with Crippen LogP contribution in [0.3, 0.4) is 0 Å². The molecule has 5 nitrogen and oxygen atoms in total. The number of aromatic nitrogens is 4. The number of nitrogens with one attached hydrogen (secondary N) is 1. The van der Waals surface area contributed by atoms with E-state index in [9.17, 15) is 0 Å². The van der Waals surface area contributed by atoms with Gasteiger partial charge in [0, 0.05) is 31.9 Å². The first kappa shape index (κ1) is 13.8. The molecule has 1 N–H and O–H groups in total. The summed E-state index contributed by atoms with van der Waals surface area (Å²) in [6, 6.07) is 8.41. The molecule has 0 saturated heterocycles. The number of nitrogens with zero attached hydrogens (tertiary/aromatic N) is 4. The van der Waals surface area contributed by atoms with Crippen molar-refractivity contribution in [2.24, 2.45) is 14.1 Å². The Kier molecular flexibility index (Phi) is 3.51. The molecule has 0 bridgehead atoms. The average molecular weight is 283 g/mol. The highest BCUT2D eigenvalue weighted by Gasteiger charge is 2.14. The molecule has 2 aromatic heterocycles. The van der Waals surface area contributed by atoms with E-state index >= 15 is 0 Å². The van der Waals surface area contributed by atoms with Gasteiger partial charge in [0.15, 0.2) is 0 Å². The van der Waals surface area contributed by atoms with Gasteiger partial charge < -0.3 is 9.88 Å². The quantitative estimate of drug-likeness (QED) is 0.800.